The Kier molecular flexibility index (Phi) is 4.93. The van der Waals surface area contributed by atoms with Gasteiger partial charge in [-0.25, -0.2) is 4.98 Å². The normalized spacial score (nSPS) is 13.0. The molecule has 1 aromatic rings. The van der Waals surface area contributed by atoms with Crippen LogP contribution in [0, 0.1) is 5.41 Å². The smallest absolute Gasteiger partial charge is 0.0948 e. The van der Waals surface area contributed by atoms with Gasteiger partial charge in [-0.05, 0) is 32.7 Å². The molecule has 0 unspecified atom stereocenters. The maximum atomic E-state index is 5.18. The topological polar surface area (TPSA) is 39.1 Å². The van der Waals surface area contributed by atoms with Crippen molar-refractivity contribution in [1.82, 2.24) is 14.9 Å². The first kappa shape index (κ1) is 15.2. The Morgan fingerprint density at radius 2 is 2.00 bits per heavy atom. The fourth-order valence-corrected chi connectivity index (χ4v) is 2.01. The van der Waals surface area contributed by atoms with Crippen LogP contribution in [0.25, 0.3) is 0 Å². The molecule has 0 saturated heterocycles. The predicted octanol–water partition coefficient (Wildman–Crippen LogP) is 2.40. The molecule has 4 heteroatoms. The molecule has 0 atom stereocenters. The van der Waals surface area contributed by atoms with Gasteiger partial charge in [-0.1, -0.05) is 13.8 Å². The summed E-state index contributed by atoms with van der Waals surface area (Å²) in [5.41, 5.74) is 1.36. The van der Waals surface area contributed by atoms with Gasteiger partial charge in [-0.2, -0.15) is 0 Å². The number of hydrogen-bond acceptors (Lipinski definition) is 3. The van der Waals surface area contributed by atoms with Crippen LogP contribution >= 0.6 is 0 Å². The Morgan fingerprint density at radius 1 is 1.33 bits per heavy atom. The number of rotatable bonds is 7. The zero-order chi connectivity index (χ0) is 13.8. The molecule has 0 amide bonds. The summed E-state index contributed by atoms with van der Waals surface area (Å²) in [5.74, 6) is 0. The van der Waals surface area contributed by atoms with E-state index in [4.69, 9.17) is 4.74 Å². The summed E-state index contributed by atoms with van der Waals surface area (Å²) >= 11 is 0. The molecule has 0 aliphatic carbocycles. The van der Waals surface area contributed by atoms with Gasteiger partial charge in [0.2, 0.25) is 0 Å². The van der Waals surface area contributed by atoms with Gasteiger partial charge in [-0.15, -0.1) is 0 Å². The van der Waals surface area contributed by atoms with Gasteiger partial charge in [0.25, 0.3) is 0 Å². The average Bonchev–Trinajstić information content (AvgIpc) is 2.74. The minimum atomic E-state index is -0.0617. The third kappa shape index (κ3) is 3.82. The fraction of sp³-hybridized carbons (Fsp3) is 0.786. The van der Waals surface area contributed by atoms with Crippen molar-refractivity contribution in [2.24, 2.45) is 5.41 Å². The van der Waals surface area contributed by atoms with Crippen molar-refractivity contribution < 1.29 is 4.74 Å². The largest absolute Gasteiger partial charge is 0.385 e. The maximum Gasteiger partial charge on any atom is 0.0948 e. The third-order valence-corrected chi connectivity index (χ3v) is 3.56. The highest BCUT2D eigenvalue weighted by Gasteiger charge is 2.25. The lowest BCUT2D eigenvalue weighted by molar-refractivity contribution is 0.141. The van der Waals surface area contributed by atoms with Crippen LogP contribution in [0.2, 0.25) is 0 Å². The summed E-state index contributed by atoms with van der Waals surface area (Å²) in [7, 11) is 3.73. The second kappa shape index (κ2) is 5.85. The molecule has 1 heterocycles. The van der Waals surface area contributed by atoms with Gasteiger partial charge in [0.05, 0.1) is 17.6 Å². The lowest BCUT2D eigenvalue weighted by Gasteiger charge is -2.30. The Morgan fingerprint density at radius 3 is 2.56 bits per heavy atom. The Labute approximate surface area is 111 Å². The number of imidazole rings is 1. The van der Waals surface area contributed by atoms with Gasteiger partial charge in [0, 0.05) is 26.5 Å². The highest BCUT2D eigenvalue weighted by atomic mass is 16.5. The number of nitrogens with one attached hydrogen (secondary N) is 1. The molecule has 4 nitrogen and oxygen atoms in total. The number of methoxy groups -OCH3 is 1. The van der Waals surface area contributed by atoms with Crippen molar-refractivity contribution in [1.29, 1.82) is 0 Å². The Hall–Kier alpha value is -0.870. The zero-order valence-electron chi connectivity index (χ0n) is 12.6. The molecule has 1 N–H and O–H groups in total. The van der Waals surface area contributed by atoms with Crippen molar-refractivity contribution in [2.75, 3.05) is 20.8 Å². The molecule has 104 valence electrons. The second-order valence-electron chi connectivity index (χ2n) is 6.19. The summed E-state index contributed by atoms with van der Waals surface area (Å²) in [4.78, 5) is 4.29. The predicted molar refractivity (Wildman–Crippen MR) is 74.6 cm³/mol. The maximum absolute atomic E-state index is 5.18. The molecule has 0 aromatic carbocycles. The molecule has 0 spiro atoms. The van der Waals surface area contributed by atoms with Crippen LogP contribution < -0.4 is 5.32 Å². The van der Waals surface area contributed by atoms with E-state index < -0.39 is 0 Å². The molecular formula is C14H27N3O. The zero-order valence-corrected chi connectivity index (χ0v) is 12.6. The summed E-state index contributed by atoms with van der Waals surface area (Å²) in [6.07, 6.45) is 4.91. The van der Waals surface area contributed by atoms with E-state index >= 15 is 0 Å². The summed E-state index contributed by atoms with van der Waals surface area (Å²) < 4.78 is 7.42. The summed E-state index contributed by atoms with van der Waals surface area (Å²) in [5, 5.41) is 3.33. The quantitative estimate of drug-likeness (QED) is 0.811. The van der Waals surface area contributed by atoms with E-state index in [1.165, 1.54) is 5.69 Å². The van der Waals surface area contributed by atoms with Gasteiger partial charge in [0.1, 0.15) is 0 Å². The molecule has 0 fully saturated rings. The molecule has 0 saturated carbocycles. The van der Waals surface area contributed by atoms with Crippen LogP contribution in [0.4, 0.5) is 0 Å². The highest BCUT2D eigenvalue weighted by Crippen LogP contribution is 2.26. The van der Waals surface area contributed by atoms with E-state index in [0.717, 1.165) is 19.6 Å². The van der Waals surface area contributed by atoms with Gasteiger partial charge < -0.3 is 14.6 Å². The first-order chi connectivity index (χ1) is 8.32. The van der Waals surface area contributed by atoms with Crippen LogP contribution in [0.15, 0.2) is 12.5 Å². The van der Waals surface area contributed by atoms with Crippen molar-refractivity contribution in [2.45, 2.75) is 46.2 Å². The highest BCUT2D eigenvalue weighted by molar-refractivity contribution is 5.11. The average molecular weight is 253 g/mol. The van der Waals surface area contributed by atoms with E-state index in [9.17, 15) is 0 Å². The van der Waals surface area contributed by atoms with Crippen molar-refractivity contribution in [3.8, 4) is 0 Å². The first-order valence-electron chi connectivity index (χ1n) is 6.51. The number of nitrogens with zero attached hydrogens (tertiary/aromatic N) is 2. The van der Waals surface area contributed by atoms with Gasteiger partial charge >= 0.3 is 0 Å². The molecule has 18 heavy (non-hydrogen) atoms. The lowest BCUT2D eigenvalue weighted by atomic mass is 9.89. The Balaban J connectivity index is 2.83. The third-order valence-electron chi connectivity index (χ3n) is 3.56. The fourth-order valence-electron chi connectivity index (χ4n) is 2.01. The molecular weight excluding hydrogens is 226 g/mol. The van der Waals surface area contributed by atoms with Gasteiger partial charge in [0.15, 0.2) is 0 Å². The van der Waals surface area contributed by atoms with E-state index in [1.807, 2.05) is 19.6 Å². The van der Waals surface area contributed by atoms with Crippen molar-refractivity contribution in [3.63, 3.8) is 0 Å². The van der Waals surface area contributed by atoms with Gasteiger partial charge in [-0.3, -0.25) is 0 Å². The minimum absolute atomic E-state index is 0.0617. The molecule has 0 radical (unpaired) electrons. The number of ether oxygens (including phenoxy) is 1. The number of hydrogen-bond donors (Lipinski definition) is 1. The Bertz CT molecular complexity index is 369. The lowest BCUT2D eigenvalue weighted by Crippen LogP contribution is -2.36. The van der Waals surface area contributed by atoms with E-state index in [2.05, 4.69) is 42.6 Å². The summed E-state index contributed by atoms with van der Waals surface area (Å²) in [6.45, 7) is 10.6. The monoisotopic (exact) mass is 253 g/mol. The SMILES string of the molecule is CNC(C)(C)c1cncn1CC(C)(C)CCOC. The first-order valence-corrected chi connectivity index (χ1v) is 6.51. The van der Waals surface area contributed by atoms with Crippen LogP contribution in [0.5, 0.6) is 0 Å². The second-order valence-corrected chi connectivity index (χ2v) is 6.19. The van der Waals surface area contributed by atoms with Crippen molar-refractivity contribution in [3.05, 3.63) is 18.2 Å². The molecule has 0 bridgehead atoms. The van der Waals surface area contributed by atoms with Crippen LogP contribution in [-0.4, -0.2) is 30.3 Å². The summed E-state index contributed by atoms with van der Waals surface area (Å²) in [6, 6.07) is 0. The van der Waals surface area contributed by atoms with E-state index in [0.29, 0.717) is 0 Å². The number of aromatic nitrogens is 2. The van der Waals surface area contributed by atoms with E-state index in [-0.39, 0.29) is 11.0 Å². The van der Waals surface area contributed by atoms with Crippen LogP contribution in [-0.2, 0) is 16.8 Å². The molecule has 1 rings (SSSR count). The van der Waals surface area contributed by atoms with Crippen LogP contribution in [0.3, 0.4) is 0 Å². The molecule has 0 aliphatic rings. The standard InChI is InChI=1S/C14H27N3O/c1-13(2,7-8-18-6)10-17-11-16-9-12(17)14(3,4)15-5/h9,11,15H,7-8,10H2,1-6H3. The minimum Gasteiger partial charge on any atom is -0.385 e. The van der Waals surface area contributed by atoms with Crippen molar-refractivity contribution >= 4 is 0 Å². The van der Waals surface area contributed by atoms with Crippen LogP contribution in [0.1, 0.15) is 39.8 Å². The molecule has 0 aliphatic heterocycles. The van der Waals surface area contributed by atoms with E-state index in [1.54, 1.807) is 7.11 Å². The molecule has 1 aromatic heterocycles.